The van der Waals surface area contributed by atoms with Crippen molar-refractivity contribution in [3.05, 3.63) is 29.8 Å². The minimum Gasteiger partial charge on any atom is -0.346 e. The van der Waals surface area contributed by atoms with Crippen LogP contribution >= 0.6 is 0 Å². The van der Waals surface area contributed by atoms with Crippen LogP contribution in [0.4, 0.5) is 5.69 Å². The van der Waals surface area contributed by atoms with E-state index in [1.165, 1.54) is 0 Å². The molecule has 1 atom stereocenters. The van der Waals surface area contributed by atoms with Crippen LogP contribution in [0.5, 0.6) is 0 Å². The van der Waals surface area contributed by atoms with Crippen LogP contribution in [0, 0.1) is 12.8 Å². The third-order valence-electron chi connectivity index (χ3n) is 2.78. The maximum atomic E-state index is 11.6. The third-order valence-corrected chi connectivity index (χ3v) is 2.78. The number of aryl methyl sites for hydroxylation is 1. The Morgan fingerprint density at radius 3 is 2.32 bits per heavy atom. The summed E-state index contributed by atoms with van der Waals surface area (Å²) in [5, 5.41) is 5.22. The molecule has 0 aliphatic rings. The predicted octanol–water partition coefficient (Wildman–Crippen LogP) is 1.03. The summed E-state index contributed by atoms with van der Waals surface area (Å²) < 4.78 is 0. The fourth-order valence-corrected chi connectivity index (χ4v) is 1.43. The Labute approximate surface area is 113 Å². The zero-order valence-corrected chi connectivity index (χ0v) is 11.6. The number of carbonyl (C=O) groups excluding carboxylic acids is 2. The van der Waals surface area contributed by atoms with E-state index in [9.17, 15) is 9.59 Å². The quantitative estimate of drug-likeness (QED) is 0.742. The monoisotopic (exact) mass is 263 g/mol. The van der Waals surface area contributed by atoms with Gasteiger partial charge in [-0.05, 0) is 25.0 Å². The number of amides is 2. The molecule has 104 valence electrons. The molecule has 0 bridgehead atoms. The van der Waals surface area contributed by atoms with Gasteiger partial charge in [-0.25, -0.2) is 0 Å². The maximum Gasteiger partial charge on any atom is 0.243 e. The van der Waals surface area contributed by atoms with Gasteiger partial charge in [-0.2, -0.15) is 0 Å². The van der Waals surface area contributed by atoms with Gasteiger partial charge in [0.25, 0.3) is 0 Å². The van der Waals surface area contributed by atoms with Gasteiger partial charge < -0.3 is 16.4 Å². The highest BCUT2D eigenvalue weighted by atomic mass is 16.2. The Morgan fingerprint density at radius 2 is 1.79 bits per heavy atom. The molecule has 0 heterocycles. The third kappa shape index (κ3) is 5.09. The van der Waals surface area contributed by atoms with E-state index in [0.29, 0.717) is 5.69 Å². The minimum absolute atomic E-state index is 0.0418. The largest absolute Gasteiger partial charge is 0.346 e. The molecule has 2 amide bonds. The lowest BCUT2D eigenvalue weighted by atomic mass is 10.1. The fourth-order valence-electron chi connectivity index (χ4n) is 1.43. The Hall–Kier alpha value is -1.88. The van der Waals surface area contributed by atoms with Gasteiger partial charge in [0, 0.05) is 5.69 Å². The van der Waals surface area contributed by atoms with Gasteiger partial charge in [0.15, 0.2) is 0 Å². The van der Waals surface area contributed by atoms with E-state index >= 15 is 0 Å². The number of rotatable bonds is 5. The molecular formula is C14H21N3O2. The van der Waals surface area contributed by atoms with Crippen LogP contribution in [-0.4, -0.2) is 24.4 Å². The van der Waals surface area contributed by atoms with Crippen molar-refractivity contribution in [2.75, 3.05) is 11.9 Å². The molecule has 0 saturated carbocycles. The first-order valence-corrected chi connectivity index (χ1v) is 6.30. The molecule has 0 aliphatic heterocycles. The summed E-state index contributed by atoms with van der Waals surface area (Å²) in [6, 6.07) is 6.85. The van der Waals surface area contributed by atoms with Crippen LogP contribution in [0.1, 0.15) is 19.4 Å². The second kappa shape index (κ2) is 6.89. The van der Waals surface area contributed by atoms with Crippen molar-refractivity contribution >= 4 is 17.5 Å². The van der Waals surface area contributed by atoms with Crippen molar-refractivity contribution in [2.24, 2.45) is 11.7 Å². The lowest BCUT2D eigenvalue weighted by molar-refractivity contribution is -0.125. The number of hydrogen-bond donors (Lipinski definition) is 3. The number of anilines is 1. The molecule has 5 nitrogen and oxygen atoms in total. The van der Waals surface area contributed by atoms with E-state index in [1.807, 2.05) is 45.0 Å². The van der Waals surface area contributed by atoms with Crippen molar-refractivity contribution in [1.29, 1.82) is 0 Å². The number of carbonyl (C=O) groups is 2. The topological polar surface area (TPSA) is 84.2 Å². The highest BCUT2D eigenvalue weighted by Crippen LogP contribution is 2.07. The first-order valence-electron chi connectivity index (χ1n) is 6.30. The lowest BCUT2D eigenvalue weighted by Crippen LogP contribution is -2.46. The molecule has 1 aromatic carbocycles. The van der Waals surface area contributed by atoms with Crippen molar-refractivity contribution in [2.45, 2.75) is 26.8 Å². The lowest BCUT2D eigenvalue weighted by Gasteiger charge is -2.15. The summed E-state index contributed by atoms with van der Waals surface area (Å²) in [4.78, 5) is 23.2. The molecule has 0 radical (unpaired) electrons. The Kier molecular flexibility index (Phi) is 5.51. The molecule has 1 unspecified atom stereocenters. The maximum absolute atomic E-state index is 11.6. The molecule has 1 aromatic rings. The van der Waals surface area contributed by atoms with E-state index < -0.39 is 6.04 Å². The summed E-state index contributed by atoms with van der Waals surface area (Å²) >= 11 is 0. The zero-order chi connectivity index (χ0) is 14.4. The van der Waals surface area contributed by atoms with E-state index in [0.717, 1.165) is 5.56 Å². The Morgan fingerprint density at radius 1 is 1.21 bits per heavy atom. The van der Waals surface area contributed by atoms with E-state index in [1.54, 1.807) is 0 Å². The van der Waals surface area contributed by atoms with Crippen molar-refractivity contribution in [3.8, 4) is 0 Å². The van der Waals surface area contributed by atoms with Crippen molar-refractivity contribution in [1.82, 2.24) is 5.32 Å². The number of hydrogen-bond acceptors (Lipinski definition) is 3. The minimum atomic E-state index is -0.591. The van der Waals surface area contributed by atoms with Crippen LogP contribution in [0.25, 0.3) is 0 Å². The molecule has 1 rings (SSSR count). The molecule has 0 spiro atoms. The summed E-state index contributed by atoms with van der Waals surface area (Å²) in [5.74, 6) is -0.539. The van der Waals surface area contributed by atoms with Gasteiger partial charge in [0.1, 0.15) is 0 Å². The summed E-state index contributed by atoms with van der Waals surface area (Å²) in [7, 11) is 0. The number of benzene rings is 1. The van der Waals surface area contributed by atoms with Crippen LogP contribution in [0.3, 0.4) is 0 Å². The Bertz CT molecular complexity index is 441. The highest BCUT2D eigenvalue weighted by molar-refractivity contribution is 5.95. The molecule has 0 fully saturated rings. The SMILES string of the molecule is Cc1ccc(NC(=O)CNC(=O)C(N)C(C)C)cc1. The summed E-state index contributed by atoms with van der Waals surface area (Å²) in [5.41, 5.74) is 7.50. The number of nitrogens with one attached hydrogen (secondary N) is 2. The van der Waals surface area contributed by atoms with Gasteiger partial charge in [-0.15, -0.1) is 0 Å². The average Bonchev–Trinajstić information content (AvgIpc) is 2.37. The van der Waals surface area contributed by atoms with Crippen LogP contribution in [0.2, 0.25) is 0 Å². The second-order valence-electron chi connectivity index (χ2n) is 4.90. The highest BCUT2D eigenvalue weighted by Gasteiger charge is 2.17. The van der Waals surface area contributed by atoms with Crippen LogP contribution < -0.4 is 16.4 Å². The van der Waals surface area contributed by atoms with E-state index in [-0.39, 0.29) is 24.3 Å². The molecular weight excluding hydrogens is 242 g/mol. The van der Waals surface area contributed by atoms with Gasteiger partial charge >= 0.3 is 0 Å². The fraction of sp³-hybridized carbons (Fsp3) is 0.429. The number of nitrogens with two attached hydrogens (primary N) is 1. The van der Waals surface area contributed by atoms with Crippen molar-refractivity contribution < 1.29 is 9.59 Å². The van der Waals surface area contributed by atoms with Gasteiger partial charge in [-0.3, -0.25) is 9.59 Å². The molecule has 0 aromatic heterocycles. The second-order valence-corrected chi connectivity index (χ2v) is 4.90. The normalized spacial score (nSPS) is 12.1. The van der Waals surface area contributed by atoms with Gasteiger partial charge in [0.2, 0.25) is 11.8 Å². The van der Waals surface area contributed by atoms with Crippen molar-refractivity contribution in [3.63, 3.8) is 0 Å². The predicted molar refractivity (Wildman–Crippen MR) is 75.6 cm³/mol. The summed E-state index contributed by atoms with van der Waals surface area (Å²) in [6.07, 6.45) is 0. The molecule has 0 aliphatic carbocycles. The molecule has 5 heteroatoms. The average molecular weight is 263 g/mol. The molecule has 19 heavy (non-hydrogen) atoms. The van der Waals surface area contributed by atoms with Gasteiger partial charge in [0.05, 0.1) is 12.6 Å². The molecule has 4 N–H and O–H groups in total. The Balaban J connectivity index is 2.40. The zero-order valence-electron chi connectivity index (χ0n) is 11.6. The van der Waals surface area contributed by atoms with E-state index in [2.05, 4.69) is 10.6 Å². The van der Waals surface area contributed by atoms with Crippen LogP contribution in [-0.2, 0) is 9.59 Å². The van der Waals surface area contributed by atoms with E-state index in [4.69, 9.17) is 5.73 Å². The standard InChI is InChI=1S/C14H21N3O2/c1-9(2)13(15)14(19)16-8-12(18)17-11-6-4-10(3)5-7-11/h4-7,9,13H,8,15H2,1-3H3,(H,16,19)(H,17,18). The van der Waals surface area contributed by atoms with Gasteiger partial charge in [-0.1, -0.05) is 31.5 Å². The summed E-state index contributed by atoms with van der Waals surface area (Å²) in [6.45, 7) is 5.61. The first-order chi connectivity index (χ1) is 8.90. The smallest absolute Gasteiger partial charge is 0.243 e. The van der Waals surface area contributed by atoms with Crippen LogP contribution in [0.15, 0.2) is 24.3 Å². The molecule has 0 saturated heterocycles. The first kappa shape index (κ1) is 15.2.